The molecule has 0 aromatic heterocycles. The van der Waals surface area contributed by atoms with Crippen molar-refractivity contribution in [2.45, 2.75) is 26.4 Å². The Hall–Kier alpha value is -2.45. The van der Waals surface area contributed by atoms with E-state index < -0.39 is 0 Å². The highest BCUT2D eigenvalue weighted by Gasteiger charge is 2.04. The monoisotopic (exact) mass is 366 g/mol. The molecule has 3 aromatic rings. The van der Waals surface area contributed by atoms with Crippen LogP contribution in [-0.2, 0) is 13.0 Å². The Morgan fingerprint density at radius 2 is 1.50 bits per heavy atom. The second-order valence-electron chi connectivity index (χ2n) is 6.21. The molecule has 0 saturated carbocycles. The van der Waals surface area contributed by atoms with Gasteiger partial charge in [-0.25, -0.2) is 0 Å². The first-order valence-electron chi connectivity index (χ1n) is 8.91. The number of rotatable bonds is 8. The van der Waals surface area contributed by atoms with Crippen LogP contribution >= 0.6 is 11.6 Å². The summed E-state index contributed by atoms with van der Waals surface area (Å²) in [6.45, 7) is 3.34. The molecule has 3 aromatic carbocycles. The molecule has 134 valence electrons. The predicted octanol–water partition coefficient (Wildman–Crippen LogP) is 6.30. The molecular weight excluding hydrogens is 344 g/mol. The second kappa shape index (κ2) is 9.30. The van der Waals surface area contributed by atoms with Crippen LogP contribution < -0.4 is 9.47 Å². The molecule has 0 heterocycles. The average molecular weight is 367 g/mol. The number of benzene rings is 3. The molecule has 0 aliphatic heterocycles. The van der Waals surface area contributed by atoms with E-state index in [-0.39, 0.29) is 0 Å². The standard InChI is InChI=1S/C23H23ClO2/c1-2-14-25-23-13-10-20(16-22(23)24)15-18-8-11-21(12-9-18)26-17-19-6-4-3-5-7-19/h3-13,16H,2,14-15,17H2,1H3. The van der Waals surface area contributed by atoms with E-state index in [0.29, 0.717) is 18.2 Å². The molecule has 0 saturated heterocycles. The smallest absolute Gasteiger partial charge is 0.137 e. The lowest BCUT2D eigenvalue weighted by atomic mass is 10.0. The molecule has 0 amide bonds. The van der Waals surface area contributed by atoms with Crippen LogP contribution in [0, 0.1) is 0 Å². The molecule has 0 N–H and O–H groups in total. The van der Waals surface area contributed by atoms with Gasteiger partial charge in [-0.1, -0.05) is 67.1 Å². The average Bonchev–Trinajstić information content (AvgIpc) is 2.68. The third-order valence-electron chi connectivity index (χ3n) is 4.04. The van der Waals surface area contributed by atoms with Gasteiger partial charge in [0.2, 0.25) is 0 Å². The fraction of sp³-hybridized carbons (Fsp3) is 0.217. The minimum absolute atomic E-state index is 0.578. The summed E-state index contributed by atoms with van der Waals surface area (Å²) in [6, 6.07) is 24.4. The summed E-state index contributed by atoms with van der Waals surface area (Å²) in [5.41, 5.74) is 3.55. The quantitative estimate of drug-likeness (QED) is 0.465. The zero-order valence-corrected chi connectivity index (χ0v) is 15.7. The van der Waals surface area contributed by atoms with Gasteiger partial charge in [-0.3, -0.25) is 0 Å². The van der Waals surface area contributed by atoms with E-state index in [4.69, 9.17) is 21.1 Å². The molecule has 0 aliphatic carbocycles. The van der Waals surface area contributed by atoms with Crippen molar-refractivity contribution >= 4 is 11.6 Å². The summed E-state index contributed by atoms with van der Waals surface area (Å²) >= 11 is 6.31. The van der Waals surface area contributed by atoms with E-state index >= 15 is 0 Å². The fourth-order valence-electron chi connectivity index (χ4n) is 2.66. The first-order valence-corrected chi connectivity index (χ1v) is 9.29. The SMILES string of the molecule is CCCOc1ccc(Cc2ccc(OCc3ccccc3)cc2)cc1Cl. The normalized spacial score (nSPS) is 10.5. The largest absolute Gasteiger partial charge is 0.492 e. The number of halogens is 1. The third kappa shape index (κ3) is 5.27. The van der Waals surface area contributed by atoms with Gasteiger partial charge in [0, 0.05) is 0 Å². The summed E-state index contributed by atoms with van der Waals surface area (Å²) in [7, 11) is 0. The zero-order valence-electron chi connectivity index (χ0n) is 15.0. The molecule has 26 heavy (non-hydrogen) atoms. The van der Waals surface area contributed by atoms with E-state index in [2.05, 4.69) is 37.3 Å². The highest BCUT2D eigenvalue weighted by Crippen LogP contribution is 2.27. The maximum Gasteiger partial charge on any atom is 0.137 e. The summed E-state index contributed by atoms with van der Waals surface area (Å²) < 4.78 is 11.5. The van der Waals surface area contributed by atoms with E-state index in [0.717, 1.165) is 35.5 Å². The molecule has 0 radical (unpaired) electrons. The van der Waals surface area contributed by atoms with Crippen molar-refractivity contribution in [3.63, 3.8) is 0 Å². The van der Waals surface area contributed by atoms with Gasteiger partial charge in [0.15, 0.2) is 0 Å². The van der Waals surface area contributed by atoms with Crippen molar-refractivity contribution in [3.05, 3.63) is 94.5 Å². The Labute approximate surface area is 160 Å². The van der Waals surface area contributed by atoms with Crippen LogP contribution in [0.4, 0.5) is 0 Å². The van der Waals surface area contributed by atoms with Gasteiger partial charge < -0.3 is 9.47 Å². The van der Waals surface area contributed by atoms with Crippen LogP contribution in [0.3, 0.4) is 0 Å². The van der Waals surface area contributed by atoms with E-state index in [1.54, 1.807) is 0 Å². The van der Waals surface area contributed by atoms with Crippen molar-refractivity contribution in [2.75, 3.05) is 6.61 Å². The van der Waals surface area contributed by atoms with Gasteiger partial charge in [0.25, 0.3) is 0 Å². The molecule has 0 fully saturated rings. The molecule has 0 spiro atoms. The van der Waals surface area contributed by atoms with E-state index in [1.807, 2.05) is 42.5 Å². The molecule has 0 bridgehead atoms. The third-order valence-corrected chi connectivity index (χ3v) is 4.33. The molecule has 3 heteroatoms. The molecule has 2 nitrogen and oxygen atoms in total. The summed E-state index contributed by atoms with van der Waals surface area (Å²) in [5, 5.41) is 0.666. The van der Waals surface area contributed by atoms with Gasteiger partial charge in [0.05, 0.1) is 11.6 Å². The first-order chi connectivity index (χ1) is 12.7. The number of hydrogen-bond acceptors (Lipinski definition) is 2. The van der Waals surface area contributed by atoms with Gasteiger partial charge in [-0.2, -0.15) is 0 Å². The van der Waals surface area contributed by atoms with Crippen LogP contribution in [0.5, 0.6) is 11.5 Å². The molecule has 0 aliphatic rings. The van der Waals surface area contributed by atoms with Crippen molar-refractivity contribution in [1.82, 2.24) is 0 Å². The molecule has 0 unspecified atom stereocenters. The highest BCUT2D eigenvalue weighted by molar-refractivity contribution is 6.32. The van der Waals surface area contributed by atoms with Gasteiger partial charge >= 0.3 is 0 Å². The van der Waals surface area contributed by atoms with Crippen LogP contribution in [0.1, 0.15) is 30.0 Å². The number of ether oxygens (including phenoxy) is 2. The lowest BCUT2D eigenvalue weighted by Gasteiger charge is -2.10. The lowest BCUT2D eigenvalue weighted by molar-refractivity contribution is 0.306. The zero-order chi connectivity index (χ0) is 18.2. The summed E-state index contributed by atoms with van der Waals surface area (Å²) in [6.07, 6.45) is 1.80. The van der Waals surface area contributed by atoms with Crippen LogP contribution in [0.25, 0.3) is 0 Å². The summed E-state index contributed by atoms with van der Waals surface area (Å²) in [4.78, 5) is 0. The number of hydrogen-bond donors (Lipinski definition) is 0. The van der Waals surface area contributed by atoms with Crippen molar-refractivity contribution < 1.29 is 9.47 Å². The van der Waals surface area contributed by atoms with Crippen molar-refractivity contribution in [2.24, 2.45) is 0 Å². The fourth-order valence-corrected chi connectivity index (χ4v) is 2.92. The van der Waals surface area contributed by atoms with E-state index in [9.17, 15) is 0 Å². The summed E-state index contributed by atoms with van der Waals surface area (Å²) in [5.74, 6) is 1.63. The maximum atomic E-state index is 6.31. The van der Waals surface area contributed by atoms with Crippen LogP contribution in [0.15, 0.2) is 72.8 Å². The van der Waals surface area contributed by atoms with Crippen molar-refractivity contribution in [1.29, 1.82) is 0 Å². The Balaban J connectivity index is 1.58. The molecule has 0 atom stereocenters. The molecular formula is C23H23ClO2. The maximum absolute atomic E-state index is 6.31. The molecule has 3 rings (SSSR count). The Morgan fingerprint density at radius 1 is 0.769 bits per heavy atom. The topological polar surface area (TPSA) is 18.5 Å². The van der Waals surface area contributed by atoms with E-state index in [1.165, 1.54) is 5.56 Å². The second-order valence-corrected chi connectivity index (χ2v) is 6.62. The first kappa shape index (κ1) is 18.3. The van der Waals surface area contributed by atoms with Crippen LogP contribution in [-0.4, -0.2) is 6.61 Å². The Bertz CT molecular complexity index is 813. The minimum Gasteiger partial charge on any atom is -0.492 e. The minimum atomic E-state index is 0.578. The van der Waals surface area contributed by atoms with Gasteiger partial charge in [-0.15, -0.1) is 0 Å². The van der Waals surface area contributed by atoms with Gasteiger partial charge in [0.1, 0.15) is 18.1 Å². The predicted molar refractivity (Wildman–Crippen MR) is 107 cm³/mol. The Morgan fingerprint density at radius 3 is 2.19 bits per heavy atom. The lowest BCUT2D eigenvalue weighted by Crippen LogP contribution is -1.97. The van der Waals surface area contributed by atoms with Crippen LogP contribution in [0.2, 0.25) is 5.02 Å². The van der Waals surface area contributed by atoms with Gasteiger partial charge in [-0.05, 0) is 53.8 Å². The highest BCUT2D eigenvalue weighted by atomic mass is 35.5. The Kier molecular flexibility index (Phi) is 6.56. The van der Waals surface area contributed by atoms with Crippen molar-refractivity contribution in [3.8, 4) is 11.5 Å².